The van der Waals surface area contributed by atoms with Crippen molar-refractivity contribution >= 4 is 39.1 Å². The second-order valence-electron chi connectivity index (χ2n) is 5.04. The first-order chi connectivity index (χ1) is 11.1. The lowest BCUT2D eigenvalue weighted by Gasteiger charge is -2.07. The van der Waals surface area contributed by atoms with E-state index in [1.54, 1.807) is 6.07 Å². The summed E-state index contributed by atoms with van der Waals surface area (Å²) < 4.78 is 1.33. The highest BCUT2D eigenvalue weighted by atomic mass is 35.5. The minimum absolute atomic E-state index is 0.0295. The summed E-state index contributed by atoms with van der Waals surface area (Å²) in [4.78, 5) is 29.0. The van der Waals surface area contributed by atoms with Gasteiger partial charge in [-0.3, -0.25) is 14.2 Å². The molecule has 0 saturated heterocycles. The van der Waals surface area contributed by atoms with Crippen LogP contribution >= 0.6 is 22.9 Å². The molecular weight excluding hydrogens is 334 g/mol. The van der Waals surface area contributed by atoms with E-state index in [9.17, 15) is 9.59 Å². The normalized spacial score (nSPS) is 10.8. The maximum atomic E-state index is 12.2. The van der Waals surface area contributed by atoms with Gasteiger partial charge in [0.15, 0.2) is 0 Å². The van der Waals surface area contributed by atoms with E-state index >= 15 is 0 Å². The molecule has 0 unspecified atom stereocenters. The number of nitrogens with one attached hydrogen (secondary N) is 1. The van der Waals surface area contributed by atoms with Crippen molar-refractivity contribution in [3.8, 4) is 0 Å². The van der Waals surface area contributed by atoms with Crippen molar-refractivity contribution in [3.05, 3.63) is 63.0 Å². The molecular formula is C16H14ClN3O2S. The lowest BCUT2D eigenvalue weighted by molar-refractivity contribution is -0.121. The second-order valence-corrected chi connectivity index (χ2v) is 6.37. The number of halogens is 1. The van der Waals surface area contributed by atoms with Crippen molar-refractivity contribution in [3.63, 3.8) is 0 Å². The quantitative estimate of drug-likeness (QED) is 0.771. The molecule has 0 saturated carbocycles. The van der Waals surface area contributed by atoms with Gasteiger partial charge < -0.3 is 5.32 Å². The average molecular weight is 348 g/mol. The van der Waals surface area contributed by atoms with E-state index in [0.29, 0.717) is 28.2 Å². The van der Waals surface area contributed by atoms with Crippen molar-refractivity contribution < 1.29 is 4.79 Å². The monoisotopic (exact) mass is 347 g/mol. The predicted octanol–water partition coefficient (Wildman–Crippen LogP) is 2.47. The largest absolute Gasteiger partial charge is 0.354 e. The zero-order chi connectivity index (χ0) is 16.2. The number of aromatic nitrogens is 2. The van der Waals surface area contributed by atoms with Gasteiger partial charge in [-0.2, -0.15) is 0 Å². The summed E-state index contributed by atoms with van der Waals surface area (Å²) in [6.45, 7) is 0.474. The fourth-order valence-electron chi connectivity index (χ4n) is 2.21. The van der Waals surface area contributed by atoms with Gasteiger partial charge in [0.1, 0.15) is 11.4 Å². The Kier molecular flexibility index (Phi) is 4.73. The van der Waals surface area contributed by atoms with Crippen LogP contribution in [0.15, 0.2) is 46.8 Å². The van der Waals surface area contributed by atoms with Crippen LogP contribution in [0.5, 0.6) is 0 Å². The van der Waals surface area contributed by atoms with Crippen LogP contribution in [0.25, 0.3) is 10.2 Å². The van der Waals surface area contributed by atoms with Crippen LogP contribution in [0.2, 0.25) is 5.02 Å². The fourth-order valence-corrected chi connectivity index (χ4v) is 3.06. The molecule has 3 rings (SSSR count). The number of rotatable bonds is 5. The third-order valence-electron chi connectivity index (χ3n) is 3.41. The van der Waals surface area contributed by atoms with E-state index in [1.165, 1.54) is 22.2 Å². The minimum atomic E-state index is -0.211. The summed E-state index contributed by atoms with van der Waals surface area (Å²) in [5.74, 6) is -0.211. The van der Waals surface area contributed by atoms with Gasteiger partial charge in [0.2, 0.25) is 5.91 Å². The Morgan fingerprint density at radius 1 is 1.26 bits per heavy atom. The molecule has 0 bridgehead atoms. The summed E-state index contributed by atoms with van der Waals surface area (Å²) in [6.07, 6.45) is 2.12. The number of hydrogen-bond acceptors (Lipinski definition) is 4. The number of carbonyl (C=O) groups excluding carboxylic acids is 1. The van der Waals surface area contributed by atoms with Crippen LogP contribution in [-0.2, 0) is 17.8 Å². The predicted molar refractivity (Wildman–Crippen MR) is 92.0 cm³/mol. The highest BCUT2D eigenvalue weighted by Gasteiger charge is 2.08. The molecule has 23 heavy (non-hydrogen) atoms. The smallest absolute Gasteiger partial charge is 0.262 e. The van der Waals surface area contributed by atoms with E-state index in [2.05, 4.69) is 10.3 Å². The molecule has 0 aliphatic heterocycles. The zero-order valence-corrected chi connectivity index (χ0v) is 13.7. The van der Waals surface area contributed by atoms with Gasteiger partial charge >= 0.3 is 0 Å². The van der Waals surface area contributed by atoms with Crippen LogP contribution in [-0.4, -0.2) is 22.0 Å². The highest BCUT2D eigenvalue weighted by molar-refractivity contribution is 7.16. The molecule has 1 N–H and O–H groups in total. The standard InChI is InChI=1S/C16H14ClN3O2S/c17-12-3-1-11(2-4-12)5-7-18-14(21)9-20-10-19-15-13(16(20)22)6-8-23-15/h1-4,6,8,10H,5,7,9H2,(H,18,21). The van der Waals surface area contributed by atoms with Gasteiger partial charge in [0.05, 0.1) is 11.7 Å². The third-order valence-corrected chi connectivity index (χ3v) is 4.49. The van der Waals surface area contributed by atoms with Crippen molar-refractivity contribution in [2.45, 2.75) is 13.0 Å². The summed E-state index contributed by atoms with van der Waals surface area (Å²) in [7, 11) is 0. The van der Waals surface area contributed by atoms with Crippen LogP contribution in [0.4, 0.5) is 0 Å². The molecule has 7 heteroatoms. The molecule has 3 aromatic rings. The van der Waals surface area contributed by atoms with E-state index in [1.807, 2.05) is 29.6 Å². The first-order valence-electron chi connectivity index (χ1n) is 7.07. The summed E-state index contributed by atoms with van der Waals surface area (Å²) >= 11 is 7.23. The second kappa shape index (κ2) is 6.93. The Morgan fingerprint density at radius 2 is 2.04 bits per heavy atom. The van der Waals surface area contributed by atoms with Gasteiger partial charge in [-0.15, -0.1) is 11.3 Å². The molecule has 0 spiro atoms. The number of carbonyl (C=O) groups is 1. The molecule has 0 fully saturated rings. The molecule has 0 aliphatic rings. The number of hydrogen-bond donors (Lipinski definition) is 1. The average Bonchev–Trinajstić information content (AvgIpc) is 3.01. The lowest BCUT2D eigenvalue weighted by atomic mass is 10.1. The fraction of sp³-hybridized carbons (Fsp3) is 0.188. The van der Waals surface area contributed by atoms with E-state index < -0.39 is 0 Å². The number of thiophene rings is 1. The first kappa shape index (κ1) is 15.7. The van der Waals surface area contributed by atoms with E-state index in [-0.39, 0.29) is 18.0 Å². The van der Waals surface area contributed by atoms with Crippen LogP contribution < -0.4 is 10.9 Å². The summed E-state index contributed by atoms with van der Waals surface area (Å²) in [5, 5.41) is 5.86. The van der Waals surface area contributed by atoms with Crippen molar-refractivity contribution in [2.75, 3.05) is 6.54 Å². The number of amides is 1. The topological polar surface area (TPSA) is 64.0 Å². The number of benzene rings is 1. The lowest BCUT2D eigenvalue weighted by Crippen LogP contribution is -2.33. The first-order valence-corrected chi connectivity index (χ1v) is 8.33. The van der Waals surface area contributed by atoms with Crippen LogP contribution in [0, 0.1) is 0 Å². The molecule has 2 aromatic heterocycles. The van der Waals surface area contributed by atoms with Crippen molar-refractivity contribution in [2.24, 2.45) is 0 Å². The van der Waals surface area contributed by atoms with Crippen LogP contribution in [0.1, 0.15) is 5.56 Å². The molecule has 0 aliphatic carbocycles. The Labute approximate surface area is 141 Å². The van der Waals surface area contributed by atoms with Gasteiger partial charge in [-0.1, -0.05) is 23.7 Å². The molecule has 118 valence electrons. The van der Waals surface area contributed by atoms with Crippen molar-refractivity contribution in [1.29, 1.82) is 0 Å². The summed E-state index contributed by atoms with van der Waals surface area (Å²) in [6, 6.07) is 9.21. The van der Waals surface area contributed by atoms with Gasteiger partial charge in [0, 0.05) is 11.6 Å². The van der Waals surface area contributed by atoms with E-state index in [4.69, 9.17) is 11.6 Å². The summed E-state index contributed by atoms with van der Waals surface area (Å²) in [5.41, 5.74) is 0.900. The Morgan fingerprint density at radius 3 is 2.83 bits per heavy atom. The molecule has 0 atom stereocenters. The van der Waals surface area contributed by atoms with E-state index in [0.717, 1.165) is 5.56 Å². The highest BCUT2D eigenvalue weighted by Crippen LogP contribution is 2.13. The third kappa shape index (κ3) is 3.78. The number of nitrogens with zero attached hydrogens (tertiary/aromatic N) is 2. The Bertz CT molecular complexity index is 886. The van der Waals surface area contributed by atoms with Gasteiger partial charge in [-0.05, 0) is 35.6 Å². The number of fused-ring (bicyclic) bond motifs is 1. The molecule has 0 radical (unpaired) electrons. The molecule has 1 aromatic carbocycles. The molecule has 2 heterocycles. The SMILES string of the molecule is O=C(Cn1cnc2sccc2c1=O)NCCc1ccc(Cl)cc1. The van der Waals surface area contributed by atoms with Crippen molar-refractivity contribution in [1.82, 2.24) is 14.9 Å². The maximum Gasteiger partial charge on any atom is 0.262 e. The maximum absolute atomic E-state index is 12.2. The van der Waals surface area contributed by atoms with Gasteiger partial charge in [-0.25, -0.2) is 4.98 Å². The Balaban J connectivity index is 1.57. The molecule has 1 amide bonds. The zero-order valence-electron chi connectivity index (χ0n) is 12.2. The Hall–Kier alpha value is -2.18. The molecule has 5 nitrogen and oxygen atoms in total. The van der Waals surface area contributed by atoms with Crippen LogP contribution in [0.3, 0.4) is 0 Å². The van der Waals surface area contributed by atoms with Gasteiger partial charge in [0.25, 0.3) is 5.56 Å². The minimum Gasteiger partial charge on any atom is -0.354 e.